The van der Waals surface area contributed by atoms with Gasteiger partial charge in [-0.25, -0.2) is 0 Å². The highest BCUT2D eigenvalue weighted by molar-refractivity contribution is 5.87. The van der Waals surface area contributed by atoms with E-state index in [1.165, 1.54) is 12.1 Å². The van der Waals surface area contributed by atoms with Crippen LogP contribution in [-0.4, -0.2) is 25.1 Å². The van der Waals surface area contributed by atoms with Gasteiger partial charge in [-0.1, -0.05) is 41.5 Å². The predicted molar refractivity (Wildman–Crippen MR) is 137 cm³/mol. The van der Waals surface area contributed by atoms with E-state index in [1.54, 1.807) is 0 Å². The molecule has 0 bridgehead atoms. The number of hydrogen-bond acceptors (Lipinski definition) is 5. The van der Waals surface area contributed by atoms with Crippen LogP contribution in [0.25, 0.3) is 21.8 Å². The Morgan fingerprint density at radius 2 is 1.24 bits per heavy atom. The minimum atomic E-state index is -0.442. The second-order valence-corrected chi connectivity index (χ2v) is 10.7. The lowest BCUT2D eigenvalue weighted by atomic mass is 9.92. The van der Waals surface area contributed by atoms with E-state index in [9.17, 15) is 20.3 Å². The Morgan fingerprint density at radius 3 is 1.65 bits per heavy atom. The molecule has 0 aliphatic rings. The van der Waals surface area contributed by atoms with E-state index in [0.717, 1.165) is 38.8 Å². The molecular formula is C26H34N4O4. The molecule has 4 rings (SSSR count). The summed E-state index contributed by atoms with van der Waals surface area (Å²) in [5, 5.41) is 31.3. The molecule has 8 heteroatoms. The number of anilines is 1. The summed E-state index contributed by atoms with van der Waals surface area (Å²) in [6.45, 7) is 12.4. The van der Waals surface area contributed by atoms with E-state index in [-0.39, 0.29) is 29.7 Å². The summed E-state index contributed by atoms with van der Waals surface area (Å²) in [4.78, 5) is 17.0. The second-order valence-electron chi connectivity index (χ2n) is 10.7. The number of rotatable bonds is 3. The average molecular weight is 467 g/mol. The third-order valence-electron chi connectivity index (χ3n) is 5.79. The van der Waals surface area contributed by atoms with Crippen molar-refractivity contribution < 1.29 is 15.1 Å². The Balaban J connectivity index is 0.000000192. The van der Waals surface area contributed by atoms with Crippen LogP contribution in [0.5, 0.6) is 0 Å². The number of fused-ring (bicyclic) bond motifs is 2. The average Bonchev–Trinajstić information content (AvgIpc) is 3.36. The fraction of sp³-hybridized carbons (Fsp3) is 0.385. The number of aromatic amines is 2. The highest BCUT2D eigenvalue weighted by atomic mass is 16.6. The summed E-state index contributed by atoms with van der Waals surface area (Å²) in [6.07, 6.45) is 0. The van der Waals surface area contributed by atoms with Crippen molar-refractivity contribution in [1.82, 2.24) is 9.97 Å². The summed E-state index contributed by atoms with van der Waals surface area (Å²) in [5.74, 6) is 0. The number of nitrogens with zero attached hydrogens (tertiary/aromatic N) is 1. The number of nitro groups is 1. The molecule has 0 spiro atoms. The number of aliphatic hydroxyl groups excluding tert-OH is 2. The molecule has 0 aliphatic carbocycles. The number of aliphatic hydroxyl groups is 2. The summed E-state index contributed by atoms with van der Waals surface area (Å²) in [6, 6.07) is 10.7. The van der Waals surface area contributed by atoms with Crippen molar-refractivity contribution in [2.45, 2.75) is 65.6 Å². The van der Waals surface area contributed by atoms with Crippen molar-refractivity contribution in [3.63, 3.8) is 0 Å². The normalized spacial score (nSPS) is 12.1. The zero-order chi connectivity index (χ0) is 25.4. The van der Waals surface area contributed by atoms with Gasteiger partial charge in [-0.3, -0.25) is 10.1 Å². The maximum atomic E-state index is 10.8. The lowest BCUT2D eigenvalue weighted by Gasteiger charge is -2.15. The van der Waals surface area contributed by atoms with Gasteiger partial charge in [0, 0.05) is 61.9 Å². The van der Waals surface area contributed by atoms with Crippen LogP contribution in [-0.2, 0) is 24.0 Å². The molecule has 2 aromatic heterocycles. The zero-order valence-electron chi connectivity index (χ0n) is 20.6. The fourth-order valence-corrected chi connectivity index (χ4v) is 3.81. The third kappa shape index (κ3) is 5.24. The number of hydrogen-bond donors (Lipinski definition) is 5. The molecule has 182 valence electrons. The summed E-state index contributed by atoms with van der Waals surface area (Å²) >= 11 is 0. The van der Waals surface area contributed by atoms with Gasteiger partial charge in [-0.15, -0.1) is 0 Å². The Morgan fingerprint density at radius 1 is 0.794 bits per heavy atom. The van der Waals surface area contributed by atoms with Gasteiger partial charge >= 0.3 is 0 Å². The first-order valence-corrected chi connectivity index (χ1v) is 11.2. The summed E-state index contributed by atoms with van der Waals surface area (Å²) < 4.78 is 0. The zero-order valence-corrected chi connectivity index (χ0v) is 20.6. The van der Waals surface area contributed by atoms with E-state index in [1.807, 2.05) is 18.2 Å². The number of nitrogen functional groups attached to an aromatic ring is 1. The van der Waals surface area contributed by atoms with Gasteiger partial charge in [0.1, 0.15) is 0 Å². The Kier molecular flexibility index (Phi) is 6.78. The quantitative estimate of drug-likeness (QED) is 0.156. The SMILES string of the molecule is CC(C)(C)c1cc2cc(N)cc(CO)c2[nH]1.CC(C)(C)c1cc2cc([N+](=O)[O-])cc(CO)c2[nH]1. The Bertz CT molecular complexity index is 1340. The molecule has 0 radical (unpaired) electrons. The molecule has 8 nitrogen and oxygen atoms in total. The Labute approximate surface area is 199 Å². The largest absolute Gasteiger partial charge is 0.399 e. The maximum absolute atomic E-state index is 10.8. The first kappa shape index (κ1) is 25.3. The highest BCUT2D eigenvalue weighted by Gasteiger charge is 2.20. The molecule has 2 heterocycles. The fourth-order valence-electron chi connectivity index (χ4n) is 3.81. The van der Waals surface area contributed by atoms with E-state index in [0.29, 0.717) is 11.3 Å². The molecule has 0 atom stereocenters. The first-order chi connectivity index (χ1) is 15.7. The van der Waals surface area contributed by atoms with E-state index in [2.05, 4.69) is 57.6 Å². The molecule has 0 saturated heterocycles. The van der Waals surface area contributed by atoms with Crippen LogP contribution in [0.1, 0.15) is 64.1 Å². The van der Waals surface area contributed by atoms with Crippen LogP contribution in [0.15, 0.2) is 36.4 Å². The number of nitro benzene ring substituents is 1. The topological polar surface area (TPSA) is 141 Å². The van der Waals surface area contributed by atoms with E-state index >= 15 is 0 Å². The third-order valence-corrected chi connectivity index (χ3v) is 5.79. The molecule has 2 aromatic carbocycles. The van der Waals surface area contributed by atoms with Gasteiger partial charge in [0.05, 0.1) is 29.2 Å². The van der Waals surface area contributed by atoms with Crippen LogP contribution >= 0.6 is 0 Å². The number of nitrogens with two attached hydrogens (primary N) is 1. The molecule has 34 heavy (non-hydrogen) atoms. The van der Waals surface area contributed by atoms with Crippen molar-refractivity contribution in [2.75, 3.05) is 5.73 Å². The van der Waals surface area contributed by atoms with Crippen LogP contribution in [0.3, 0.4) is 0 Å². The predicted octanol–water partition coefficient (Wildman–Crippen LogP) is 5.41. The first-order valence-electron chi connectivity index (χ1n) is 11.2. The smallest absolute Gasteiger partial charge is 0.270 e. The van der Waals surface area contributed by atoms with Crippen LogP contribution in [0.2, 0.25) is 0 Å². The van der Waals surface area contributed by atoms with Crippen molar-refractivity contribution >= 4 is 33.2 Å². The minimum Gasteiger partial charge on any atom is -0.399 e. The molecule has 0 unspecified atom stereocenters. The second kappa shape index (κ2) is 9.12. The maximum Gasteiger partial charge on any atom is 0.270 e. The van der Waals surface area contributed by atoms with Crippen molar-refractivity contribution in [3.8, 4) is 0 Å². The minimum absolute atomic E-state index is 0.00556. The highest BCUT2D eigenvalue weighted by Crippen LogP contribution is 2.31. The van der Waals surface area contributed by atoms with Gasteiger partial charge < -0.3 is 25.9 Å². The molecule has 0 saturated carbocycles. The molecule has 0 fully saturated rings. The number of H-pyrrole nitrogens is 2. The summed E-state index contributed by atoms with van der Waals surface area (Å²) in [7, 11) is 0. The van der Waals surface area contributed by atoms with Crippen molar-refractivity contribution in [3.05, 3.63) is 69.0 Å². The molecule has 0 amide bonds. The Hall–Kier alpha value is -3.36. The molecular weight excluding hydrogens is 432 g/mol. The van der Waals surface area contributed by atoms with Crippen LogP contribution in [0.4, 0.5) is 11.4 Å². The van der Waals surface area contributed by atoms with E-state index in [4.69, 9.17) is 5.73 Å². The standard InChI is InChI=1S/C13H16N2O3.C13H18N2O/c1-13(2,3)11-6-8-4-10(15(17)18)5-9(7-16)12(8)14-11;1-13(2,3)11-6-8-4-10(14)5-9(7-16)12(8)15-11/h4-6,14,16H,7H2,1-3H3;4-6,15-16H,7,14H2,1-3H3. The molecule has 4 aromatic rings. The molecule has 6 N–H and O–H groups in total. The van der Waals surface area contributed by atoms with Crippen molar-refractivity contribution in [2.24, 2.45) is 0 Å². The lowest BCUT2D eigenvalue weighted by Crippen LogP contribution is -2.11. The van der Waals surface area contributed by atoms with Gasteiger partial charge in [0.15, 0.2) is 0 Å². The monoisotopic (exact) mass is 466 g/mol. The van der Waals surface area contributed by atoms with Gasteiger partial charge in [0.2, 0.25) is 0 Å². The number of nitrogens with one attached hydrogen (secondary N) is 2. The molecule has 0 aliphatic heterocycles. The van der Waals surface area contributed by atoms with Crippen LogP contribution in [0, 0.1) is 10.1 Å². The number of aromatic nitrogens is 2. The van der Waals surface area contributed by atoms with Crippen molar-refractivity contribution in [1.29, 1.82) is 0 Å². The number of benzene rings is 2. The van der Waals surface area contributed by atoms with Gasteiger partial charge in [-0.05, 0) is 24.3 Å². The summed E-state index contributed by atoms with van der Waals surface area (Å²) in [5.41, 5.74) is 11.8. The van der Waals surface area contributed by atoms with Gasteiger partial charge in [-0.2, -0.15) is 0 Å². The van der Waals surface area contributed by atoms with E-state index < -0.39 is 4.92 Å². The van der Waals surface area contributed by atoms with Gasteiger partial charge in [0.25, 0.3) is 5.69 Å². The van der Waals surface area contributed by atoms with Crippen LogP contribution < -0.4 is 5.73 Å². The number of non-ortho nitro benzene ring substituents is 1. The lowest BCUT2D eigenvalue weighted by molar-refractivity contribution is -0.384.